The first-order valence-corrected chi connectivity index (χ1v) is 7.89. The van der Waals surface area contributed by atoms with Gasteiger partial charge in [0.15, 0.2) is 0 Å². The van der Waals surface area contributed by atoms with E-state index >= 15 is 0 Å². The summed E-state index contributed by atoms with van der Waals surface area (Å²) in [5.41, 5.74) is 0. The van der Waals surface area contributed by atoms with Gasteiger partial charge in [0, 0.05) is 19.7 Å². The minimum atomic E-state index is 0.568. The molecule has 0 aromatic carbocycles. The van der Waals surface area contributed by atoms with E-state index in [2.05, 4.69) is 34.4 Å². The van der Waals surface area contributed by atoms with Crippen molar-refractivity contribution >= 4 is 33.3 Å². The topological polar surface area (TPSA) is 59.1 Å². The van der Waals surface area contributed by atoms with Crippen molar-refractivity contribution in [2.75, 3.05) is 36.9 Å². The molecule has 6 heteroatoms. The highest BCUT2D eigenvalue weighted by molar-refractivity contribution is 7.16. The number of hydrogen-bond donors (Lipinski definition) is 2. The average molecular weight is 294 g/mol. The number of rotatable bonds is 8. The van der Waals surface area contributed by atoms with Crippen molar-refractivity contribution < 1.29 is 4.74 Å². The Morgan fingerprint density at radius 2 is 2.15 bits per heavy atom. The smallest absolute Gasteiger partial charge is 0.226 e. The maximum Gasteiger partial charge on any atom is 0.226 e. The zero-order chi connectivity index (χ0) is 14.4. The molecule has 2 rings (SSSR count). The van der Waals surface area contributed by atoms with Gasteiger partial charge in [-0.1, -0.05) is 13.8 Å². The summed E-state index contributed by atoms with van der Waals surface area (Å²) >= 11 is 1.63. The Bertz CT molecular complexity index is 541. The van der Waals surface area contributed by atoms with Gasteiger partial charge in [0.25, 0.3) is 0 Å². The van der Waals surface area contributed by atoms with Crippen LogP contribution in [0.2, 0.25) is 0 Å². The van der Waals surface area contributed by atoms with E-state index in [-0.39, 0.29) is 0 Å². The Morgan fingerprint density at radius 3 is 2.90 bits per heavy atom. The van der Waals surface area contributed by atoms with Gasteiger partial charge in [-0.3, -0.25) is 0 Å². The lowest BCUT2D eigenvalue weighted by Gasteiger charge is -2.10. The number of aromatic nitrogens is 2. The molecule has 0 saturated carbocycles. The molecular weight excluding hydrogens is 272 g/mol. The lowest BCUT2D eigenvalue weighted by Crippen LogP contribution is -2.13. The highest BCUT2D eigenvalue weighted by Gasteiger charge is 2.08. The van der Waals surface area contributed by atoms with Gasteiger partial charge in [-0.2, -0.15) is 4.98 Å². The molecule has 0 amide bonds. The van der Waals surface area contributed by atoms with E-state index in [4.69, 9.17) is 4.74 Å². The van der Waals surface area contributed by atoms with Crippen LogP contribution in [0.25, 0.3) is 10.2 Å². The molecule has 0 unspecified atom stereocenters. The number of anilines is 2. The van der Waals surface area contributed by atoms with Crippen LogP contribution in [0.3, 0.4) is 0 Å². The molecule has 0 spiro atoms. The Morgan fingerprint density at radius 1 is 1.30 bits per heavy atom. The molecule has 110 valence electrons. The summed E-state index contributed by atoms with van der Waals surface area (Å²) in [5.74, 6) is 2.12. The van der Waals surface area contributed by atoms with Crippen LogP contribution in [-0.2, 0) is 4.74 Å². The van der Waals surface area contributed by atoms with Crippen molar-refractivity contribution in [3.8, 4) is 0 Å². The molecule has 0 aliphatic carbocycles. The normalized spacial score (nSPS) is 11.2. The lowest BCUT2D eigenvalue weighted by atomic mass is 10.2. The highest BCUT2D eigenvalue weighted by Crippen LogP contribution is 2.26. The van der Waals surface area contributed by atoms with Crippen molar-refractivity contribution in [2.24, 2.45) is 5.92 Å². The van der Waals surface area contributed by atoms with Crippen molar-refractivity contribution in [1.29, 1.82) is 0 Å². The van der Waals surface area contributed by atoms with Gasteiger partial charge in [-0.15, -0.1) is 11.3 Å². The predicted molar refractivity (Wildman–Crippen MR) is 85.7 cm³/mol. The third kappa shape index (κ3) is 4.05. The van der Waals surface area contributed by atoms with E-state index < -0.39 is 0 Å². The summed E-state index contributed by atoms with van der Waals surface area (Å²) in [6.07, 6.45) is 0. The molecule has 5 nitrogen and oxygen atoms in total. The van der Waals surface area contributed by atoms with Crippen molar-refractivity contribution in [3.05, 3.63) is 11.4 Å². The van der Waals surface area contributed by atoms with E-state index in [0.29, 0.717) is 18.5 Å². The van der Waals surface area contributed by atoms with Crippen molar-refractivity contribution in [2.45, 2.75) is 20.8 Å². The Labute approximate surface area is 123 Å². The number of nitrogens with one attached hydrogen (secondary N) is 2. The molecule has 0 aliphatic heterocycles. The van der Waals surface area contributed by atoms with Crippen molar-refractivity contribution in [3.63, 3.8) is 0 Å². The summed E-state index contributed by atoms with van der Waals surface area (Å²) in [7, 11) is 0. The fourth-order valence-corrected chi connectivity index (χ4v) is 2.55. The maximum absolute atomic E-state index is 5.57. The van der Waals surface area contributed by atoms with Gasteiger partial charge in [-0.25, -0.2) is 4.98 Å². The largest absolute Gasteiger partial charge is 0.379 e. The van der Waals surface area contributed by atoms with Crippen LogP contribution in [0, 0.1) is 5.92 Å². The van der Waals surface area contributed by atoms with Gasteiger partial charge in [0.2, 0.25) is 5.95 Å². The zero-order valence-corrected chi connectivity index (χ0v) is 13.1. The fraction of sp³-hybridized carbons (Fsp3) is 0.571. The highest BCUT2D eigenvalue weighted by atomic mass is 32.1. The zero-order valence-electron chi connectivity index (χ0n) is 12.3. The molecule has 2 aromatic heterocycles. The van der Waals surface area contributed by atoms with Crippen LogP contribution in [0.15, 0.2) is 11.4 Å². The standard InChI is InChI=1S/C14H22N4OS/c1-4-15-14-17-12(11-5-8-20-13(11)18-14)16-6-7-19-9-10(2)3/h5,8,10H,4,6-7,9H2,1-3H3,(H2,15,16,17,18). The minimum Gasteiger partial charge on any atom is -0.379 e. The quantitative estimate of drug-likeness (QED) is 0.732. The van der Waals surface area contributed by atoms with Gasteiger partial charge in [0.1, 0.15) is 10.6 Å². The summed E-state index contributed by atoms with van der Waals surface area (Å²) < 4.78 is 5.57. The van der Waals surface area contributed by atoms with Gasteiger partial charge in [-0.05, 0) is 24.3 Å². The van der Waals surface area contributed by atoms with Crippen LogP contribution in [0.4, 0.5) is 11.8 Å². The number of ether oxygens (including phenoxy) is 1. The average Bonchev–Trinajstić information content (AvgIpc) is 2.86. The maximum atomic E-state index is 5.57. The summed E-state index contributed by atoms with van der Waals surface area (Å²) in [4.78, 5) is 9.99. The Hall–Kier alpha value is -1.40. The molecule has 0 radical (unpaired) electrons. The molecule has 0 atom stereocenters. The van der Waals surface area contributed by atoms with Crippen LogP contribution in [0.5, 0.6) is 0 Å². The fourth-order valence-electron chi connectivity index (χ4n) is 1.79. The molecule has 0 aliphatic rings. The molecule has 0 bridgehead atoms. The third-order valence-electron chi connectivity index (χ3n) is 2.65. The van der Waals surface area contributed by atoms with Crippen LogP contribution in [-0.4, -0.2) is 36.3 Å². The second kappa shape index (κ2) is 7.40. The number of thiophene rings is 1. The molecule has 0 fully saturated rings. The molecule has 2 N–H and O–H groups in total. The van der Waals surface area contributed by atoms with E-state index in [0.717, 1.165) is 35.7 Å². The second-order valence-electron chi connectivity index (χ2n) is 4.96. The first-order valence-electron chi connectivity index (χ1n) is 7.01. The molecule has 0 saturated heterocycles. The number of fused-ring (bicyclic) bond motifs is 1. The second-order valence-corrected chi connectivity index (χ2v) is 5.86. The van der Waals surface area contributed by atoms with E-state index in [1.165, 1.54) is 0 Å². The van der Waals surface area contributed by atoms with E-state index in [1.807, 2.05) is 18.4 Å². The molecular formula is C14H22N4OS. The first kappa shape index (κ1) is 15.0. The van der Waals surface area contributed by atoms with Gasteiger partial charge in [0.05, 0.1) is 12.0 Å². The van der Waals surface area contributed by atoms with Gasteiger partial charge < -0.3 is 15.4 Å². The minimum absolute atomic E-state index is 0.568. The predicted octanol–water partition coefficient (Wildman–Crippen LogP) is 3.21. The SMILES string of the molecule is CCNc1nc(NCCOCC(C)C)c2ccsc2n1. The first-order chi connectivity index (χ1) is 9.70. The molecule has 2 heterocycles. The molecule has 2 aromatic rings. The Balaban J connectivity index is 1.98. The summed E-state index contributed by atoms with van der Waals surface area (Å²) in [6.45, 7) is 9.38. The summed E-state index contributed by atoms with van der Waals surface area (Å²) in [5, 5.41) is 9.60. The Kier molecular flexibility index (Phi) is 5.55. The lowest BCUT2D eigenvalue weighted by molar-refractivity contribution is 0.118. The number of nitrogens with zero attached hydrogens (tertiary/aromatic N) is 2. The third-order valence-corrected chi connectivity index (χ3v) is 3.46. The van der Waals surface area contributed by atoms with E-state index in [1.54, 1.807) is 11.3 Å². The van der Waals surface area contributed by atoms with Crippen molar-refractivity contribution in [1.82, 2.24) is 9.97 Å². The number of hydrogen-bond acceptors (Lipinski definition) is 6. The van der Waals surface area contributed by atoms with Gasteiger partial charge >= 0.3 is 0 Å². The monoisotopic (exact) mass is 294 g/mol. The summed E-state index contributed by atoms with van der Waals surface area (Å²) in [6, 6.07) is 2.05. The van der Waals surface area contributed by atoms with Crippen LogP contribution < -0.4 is 10.6 Å². The van der Waals surface area contributed by atoms with E-state index in [9.17, 15) is 0 Å². The van der Waals surface area contributed by atoms with Crippen LogP contribution >= 0.6 is 11.3 Å². The van der Waals surface area contributed by atoms with Crippen LogP contribution in [0.1, 0.15) is 20.8 Å². The molecule has 20 heavy (non-hydrogen) atoms.